The Morgan fingerprint density at radius 2 is 1.50 bits per heavy atom. The van der Waals surface area contributed by atoms with Crippen LogP contribution in [0.1, 0.15) is 76.3 Å². The van der Waals surface area contributed by atoms with Crippen LogP contribution in [0.15, 0.2) is 18.2 Å². The second-order valence-corrected chi connectivity index (χ2v) is 9.67. The summed E-state index contributed by atoms with van der Waals surface area (Å²) < 4.78 is 5.86. The maximum Gasteiger partial charge on any atom is 0.203 e. The average Bonchev–Trinajstić information content (AvgIpc) is 2.49. The first-order valence-corrected chi connectivity index (χ1v) is 12.2. The van der Waals surface area contributed by atoms with Gasteiger partial charge in [-0.05, 0) is 42.9 Å². The molecule has 0 saturated heterocycles. The van der Waals surface area contributed by atoms with Crippen molar-refractivity contribution in [1.82, 2.24) is 0 Å². The van der Waals surface area contributed by atoms with E-state index in [4.69, 9.17) is 4.52 Å². The van der Waals surface area contributed by atoms with Crippen LogP contribution >= 0.6 is 31.0 Å². The summed E-state index contributed by atoms with van der Waals surface area (Å²) in [6, 6.07) is 6.46. The molecule has 1 nitrogen and oxygen atoms in total. The molecule has 0 unspecified atom stereocenters. The molecule has 0 bridgehead atoms. The van der Waals surface area contributed by atoms with Gasteiger partial charge in [0.05, 0.1) is 0 Å². The zero-order valence-corrected chi connectivity index (χ0v) is 16.7. The summed E-state index contributed by atoms with van der Waals surface area (Å²) >= 11 is 8.64. The van der Waals surface area contributed by atoms with Crippen molar-refractivity contribution in [2.24, 2.45) is 0 Å². The van der Waals surface area contributed by atoms with Crippen molar-refractivity contribution in [2.75, 3.05) is 0 Å². The highest BCUT2D eigenvalue weighted by Gasteiger charge is 2.11. The van der Waals surface area contributed by atoms with Crippen molar-refractivity contribution in [3.8, 4) is 5.75 Å². The Bertz CT molecular complexity index is 410. The third-order valence-electron chi connectivity index (χ3n) is 3.99. The summed E-state index contributed by atoms with van der Waals surface area (Å²) in [4.78, 5) is 0. The van der Waals surface area contributed by atoms with Crippen molar-refractivity contribution in [3.63, 3.8) is 0 Å². The lowest BCUT2D eigenvalue weighted by atomic mass is 9.96. The lowest BCUT2D eigenvalue weighted by Gasteiger charge is -2.16. The first kappa shape index (κ1) is 20.2. The Kier molecular flexibility index (Phi) is 11.5. The average molecular weight is 359 g/mol. The molecule has 1 aromatic rings. The second-order valence-electron chi connectivity index (χ2n) is 5.86. The number of rotatable bonds is 12. The molecule has 0 fully saturated rings. The van der Waals surface area contributed by atoms with Gasteiger partial charge in [0.25, 0.3) is 0 Å². The monoisotopic (exact) mass is 358 g/mol. The summed E-state index contributed by atoms with van der Waals surface area (Å²) in [7, 11) is 0. The molecule has 22 heavy (non-hydrogen) atoms. The van der Waals surface area contributed by atoms with E-state index in [1.807, 2.05) is 0 Å². The summed E-state index contributed by atoms with van der Waals surface area (Å²) in [5.41, 5.74) is 2.86. The SMILES string of the molecule is CCCCCCc1cccc(OP(S)S)c1CCCCCC. The van der Waals surface area contributed by atoms with E-state index in [1.165, 1.54) is 62.5 Å². The van der Waals surface area contributed by atoms with E-state index in [-0.39, 0.29) is 0 Å². The van der Waals surface area contributed by atoms with Crippen LogP contribution in [0, 0.1) is 0 Å². The van der Waals surface area contributed by atoms with Gasteiger partial charge < -0.3 is 4.52 Å². The van der Waals surface area contributed by atoms with Crippen LogP contribution in [0.5, 0.6) is 5.75 Å². The highest BCUT2D eigenvalue weighted by Crippen LogP contribution is 2.48. The van der Waals surface area contributed by atoms with Crippen LogP contribution in [0.25, 0.3) is 0 Å². The largest absolute Gasteiger partial charge is 0.453 e. The molecule has 0 amide bonds. The van der Waals surface area contributed by atoms with Gasteiger partial charge in [-0.2, -0.15) is 0 Å². The molecule has 0 aromatic heterocycles. The first-order chi connectivity index (χ1) is 10.7. The van der Waals surface area contributed by atoms with Gasteiger partial charge in [-0.1, -0.05) is 89.0 Å². The fraction of sp³-hybridized carbons (Fsp3) is 0.667. The van der Waals surface area contributed by atoms with Crippen molar-refractivity contribution in [3.05, 3.63) is 29.3 Å². The Hall–Kier alpha value is 0.150. The smallest absolute Gasteiger partial charge is 0.203 e. The van der Waals surface area contributed by atoms with Gasteiger partial charge in [-0.25, -0.2) is 0 Å². The Morgan fingerprint density at radius 3 is 2.09 bits per heavy atom. The minimum Gasteiger partial charge on any atom is -0.453 e. The van der Waals surface area contributed by atoms with Gasteiger partial charge in [-0.15, -0.1) is 0 Å². The summed E-state index contributed by atoms with van der Waals surface area (Å²) in [5.74, 6) is 1.00. The molecule has 0 aliphatic rings. The molecular weight excluding hydrogens is 327 g/mol. The number of hydrogen-bond acceptors (Lipinski definition) is 3. The molecule has 0 aliphatic heterocycles. The molecule has 126 valence electrons. The minimum absolute atomic E-state index is 0.957. The summed E-state index contributed by atoms with van der Waals surface area (Å²) in [5, 5.41) is 0. The predicted octanol–water partition coefficient (Wildman–Crippen LogP) is 7.40. The number of hydrogen-bond donors (Lipinski definition) is 2. The first-order valence-electron chi connectivity index (χ1n) is 8.65. The van der Waals surface area contributed by atoms with E-state index in [9.17, 15) is 0 Å². The Morgan fingerprint density at radius 1 is 0.864 bits per heavy atom. The fourth-order valence-electron chi connectivity index (χ4n) is 2.77. The van der Waals surface area contributed by atoms with E-state index in [1.54, 1.807) is 0 Å². The van der Waals surface area contributed by atoms with E-state index >= 15 is 0 Å². The van der Waals surface area contributed by atoms with Crippen LogP contribution in [0.3, 0.4) is 0 Å². The van der Waals surface area contributed by atoms with Crippen molar-refractivity contribution in [2.45, 2.75) is 78.1 Å². The number of thiol groups is 2. The van der Waals surface area contributed by atoms with Crippen LogP contribution in [-0.4, -0.2) is 0 Å². The van der Waals surface area contributed by atoms with Gasteiger partial charge >= 0.3 is 0 Å². The molecule has 4 heteroatoms. The van der Waals surface area contributed by atoms with Crippen LogP contribution in [-0.2, 0) is 12.8 Å². The molecule has 0 aliphatic carbocycles. The highest BCUT2D eigenvalue weighted by atomic mass is 33.1. The standard InChI is InChI=1S/C18H31OPS2/c1-3-5-7-9-12-16-13-11-15-18(19-20(21)22)17(16)14-10-8-6-4-2/h11,13,15,21-22H,3-10,12,14H2,1-2H3. The maximum absolute atomic E-state index is 5.86. The van der Waals surface area contributed by atoms with Crippen molar-refractivity contribution in [1.29, 1.82) is 0 Å². The highest BCUT2D eigenvalue weighted by molar-refractivity contribution is 8.76. The molecule has 0 radical (unpaired) electrons. The fourth-order valence-corrected chi connectivity index (χ4v) is 3.65. The van der Waals surface area contributed by atoms with Gasteiger partial charge in [0.15, 0.2) is 0 Å². The Labute approximate surface area is 148 Å². The zero-order chi connectivity index (χ0) is 16.2. The third-order valence-corrected chi connectivity index (χ3v) is 4.84. The van der Waals surface area contributed by atoms with Crippen LogP contribution < -0.4 is 4.52 Å². The molecular formula is C18H31OPS2. The number of aryl methyl sites for hydroxylation is 1. The van der Waals surface area contributed by atoms with Crippen LogP contribution in [0.4, 0.5) is 0 Å². The quantitative estimate of drug-likeness (QED) is 0.225. The molecule has 0 heterocycles. The Balaban J connectivity index is 2.73. The van der Waals surface area contributed by atoms with E-state index in [2.05, 4.69) is 56.5 Å². The van der Waals surface area contributed by atoms with Gasteiger partial charge in [-0.3, -0.25) is 0 Å². The van der Waals surface area contributed by atoms with Gasteiger partial charge in [0, 0.05) is 0 Å². The molecule has 1 aromatic carbocycles. The van der Waals surface area contributed by atoms with Gasteiger partial charge in [0.2, 0.25) is 6.55 Å². The minimum atomic E-state index is -0.957. The van der Waals surface area contributed by atoms with Crippen LogP contribution in [0.2, 0.25) is 0 Å². The lowest BCUT2D eigenvalue weighted by Crippen LogP contribution is -1.99. The van der Waals surface area contributed by atoms with E-state index in [0.717, 1.165) is 18.6 Å². The third kappa shape index (κ3) is 8.13. The number of unbranched alkanes of at least 4 members (excludes halogenated alkanes) is 6. The van der Waals surface area contributed by atoms with Crippen molar-refractivity contribution < 1.29 is 4.52 Å². The summed E-state index contributed by atoms with van der Waals surface area (Å²) in [6.07, 6.45) is 12.6. The van der Waals surface area contributed by atoms with E-state index < -0.39 is 6.55 Å². The normalized spacial score (nSPS) is 11.1. The van der Waals surface area contributed by atoms with Gasteiger partial charge in [0.1, 0.15) is 5.75 Å². The molecule has 0 atom stereocenters. The molecule has 0 saturated carbocycles. The summed E-state index contributed by atoms with van der Waals surface area (Å²) in [6.45, 7) is 3.56. The maximum atomic E-state index is 5.86. The lowest BCUT2D eigenvalue weighted by molar-refractivity contribution is 0.604. The van der Waals surface area contributed by atoms with E-state index in [0.29, 0.717) is 0 Å². The topological polar surface area (TPSA) is 9.23 Å². The van der Waals surface area contributed by atoms with Crippen molar-refractivity contribution >= 4 is 31.0 Å². The predicted molar refractivity (Wildman–Crippen MR) is 108 cm³/mol. The number of benzene rings is 1. The zero-order valence-electron chi connectivity index (χ0n) is 14.1. The molecule has 1 rings (SSSR count). The molecule has 0 spiro atoms. The second kappa shape index (κ2) is 12.6. The molecule has 0 N–H and O–H groups in total.